The standard InChI is InChI=1S/C10H16N2S/c1-7-4-9(5-12-8(7)2)10(11)6-13-3/h4-5,10H,6,11H2,1-3H3. The van der Waals surface area contributed by atoms with E-state index in [9.17, 15) is 0 Å². The minimum atomic E-state index is 0.113. The van der Waals surface area contributed by atoms with Crippen LogP contribution in [0, 0.1) is 13.8 Å². The maximum Gasteiger partial charge on any atom is 0.0402 e. The fourth-order valence-corrected chi connectivity index (χ4v) is 1.70. The van der Waals surface area contributed by atoms with Gasteiger partial charge in [0, 0.05) is 23.7 Å². The van der Waals surface area contributed by atoms with E-state index in [1.165, 1.54) is 5.56 Å². The van der Waals surface area contributed by atoms with Gasteiger partial charge in [-0.1, -0.05) is 6.07 Å². The molecule has 0 fully saturated rings. The normalized spacial score (nSPS) is 12.9. The predicted molar refractivity (Wildman–Crippen MR) is 59.0 cm³/mol. The van der Waals surface area contributed by atoms with Crippen LogP contribution in [0.15, 0.2) is 12.3 Å². The van der Waals surface area contributed by atoms with Gasteiger partial charge in [-0.05, 0) is 31.2 Å². The molecule has 0 spiro atoms. The molecular formula is C10H16N2S. The second-order valence-electron chi connectivity index (χ2n) is 3.23. The molecule has 1 rings (SSSR count). The fourth-order valence-electron chi connectivity index (χ4n) is 1.14. The lowest BCUT2D eigenvalue weighted by Gasteiger charge is -2.11. The van der Waals surface area contributed by atoms with Crippen molar-refractivity contribution >= 4 is 11.8 Å². The summed E-state index contributed by atoms with van der Waals surface area (Å²) in [5.41, 5.74) is 9.40. The quantitative estimate of drug-likeness (QED) is 0.804. The smallest absolute Gasteiger partial charge is 0.0402 e. The van der Waals surface area contributed by atoms with Gasteiger partial charge >= 0.3 is 0 Å². The maximum absolute atomic E-state index is 5.96. The molecule has 1 aromatic rings. The fraction of sp³-hybridized carbons (Fsp3) is 0.500. The zero-order chi connectivity index (χ0) is 9.84. The van der Waals surface area contributed by atoms with Gasteiger partial charge in [0.2, 0.25) is 0 Å². The first kappa shape index (κ1) is 10.5. The summed E-state index contributed by atoms with van der Waals surface area (Å²) in [6, 6.07) is 2.24. The number of nitrogens with two attached hydrogens (primary N) is 1. The summed E-state index contributed by atoms with van der Waals surface area (Å²) < 4.78 is 0. The van der Waals surface area contributed by atoms with Crippen molar-refractivity contribution in [2.75, 3.05) is 12.0 Å². The highest BCUT2D eigenvalue weighted by molar-refractivity contribution is 7.98. The van der Waals surface area contributed by atoms with E-state index in [1.807, 2.05) is 13.1 Å². The molecule has 0 saturated carbocycles. The molecule has 2 nitrogen and oxygen atoms in total. The largest absolute Gasteiger partial charge is 0.323 e. The second-order valence-corrected chi connectivity index (χ2v) is 4.14. The third-order valence-electron chi connectivity index (χ3n) is 2.14. The van der Waals surface area contributed by atoms with Crippen molar-refractivity contribution in [1.82, 2.24) is 4.98 Å². The van der Waals surface area contributed by atoms with E-state index in [4.69, 9.17) is 5.73 Å². The van der Waals surface area contributed by atoms with Crippen LogP contribution in [0.5, 0.6) is 0 Å². The molecule has 72 valence electrons. The SMILES string of the molecule is CSCC(N)c1cnc(C)c(C)c1. The number of rotatable bonds is 3. The lowest BCUT2D eigenvalue weighted by molar-refractivity contribution is 0.820. The molecule has 0 aliphatic rings. The number of hydrogen-bond acceptors (Lipinski definition) is 3. The Morgan fingerprint density at radius 1 is 1.54 bits per heavy atom. The Hall–Kier alpha value is -0.540. The van der Waals surface area contributed by atoms with Gasteiger partial charge in [0.15, 0.2) is 0 Å². The Balaban J connectivity index is 2.84. The number of nitrogens with zero attached hydrogens (tertiary/aromatic N) is 1. The van der Waals surface area contributed by atoms with Crippen molar-refractivity contribution in [2.45, 2.75) is 19.9 Å². The zero-order valence-corrected chi connectivity index (χ0v) is 9.19. The second kappa shape index (κ2) is 4.63. The minimum Gasteiger partial charge on any atom is -0.323 e. The Morgan fingerprint density at radius 3 is 2.77 bits per heavy atom. The molecule has 0 bridgehead atoms. The third-order valence-corrected chi connectivity index (χ3v) is 2.83. The summed E-state index contributed by atoms with van der Waals surface area (Å²) in [7, 11) is 0. The molecule has 0 amide bonds. The molecule has 1 atom stereocenters. The van der Waals surface area contributed by atoms with E-state index in [0.29, 0.717) is 0 Å². The highest BCUT2D eigenvalue weighted by atomic mass is 32.2. The van der Waals surface area contributed by atoms with Gasteiger partial charge in [-0.3, -0.25) is 4.98 Å². The van der Waals surface area contributed by atoms with E-state index in [0.717, 1.165) is 17.0 Å². The summed E-state index contributed by atoms with van der Waals surface area (Å²) in [6.07, 6.45) is 3.94. The van der Waals surface area contributed by atoms with Crippen LogP contribution in [0.25, 0.3) is 0 Å². The van der Waals surface area contributed by atoms with Crippen molar-refractivity contribution in [3.8, 4) is 0 Å². The molecule has 1 heterocycles. The van der Waals surface area contributed by atoms with Crippen LogP contribution in [0.3, 0.4) is 0 Å². The number of hydrogen-bond donors (Lipinski definition) is 1. The molecular weight excluding hydrogens is 180 g/mol. The van der Waals surface area contributed by atoms with Gasteiger partial charge in [0.05, 0.1) is 0 Å². The monoisotopic (exact) mass is 196 g/mol. The predicted octanol–water partition coefficient (Wildman–Crippen LogP) is 2.06. The van der Waals surface area contributed by atoms with Crippen LogP contribution in [-0.4, -0.2) is 17.0 Å². The first-order valence-corrected chi connectivity index (χ1v) is 5.72. The summed E-state index contributed by atoms with van der Waals surface area (Å²) in [5, 5.41) is 0. The topological polar surface area (TPSA) is 38.9 Å². The molecule has 0 aliphatic carbocycles. The molecule has 0 radical (unpaired) electrons. The number of aryl methyl sites for hydroxylation is 2. The summed E-state index contributed by atoms with van der Waals surface area (Å²) in [4.78, 5) is 4.29. The molecule has 0 aromatic carbocycles. The Morgan fingerprint density at radius 2 is 2.23 bits per heavy atom. The van der Waals surface area contributed by atoms with Crippen molar-refractivity contribution in [3.05, 3.63) is 29.1 Å². The first-order valence-electron chi connectivity index (χ1n) is 4.33. The lowest BCUT2D eigenvalue weighted by Crippen LogP contribution is -2.13. The van der Waals surface area contributed by atoms with E-state index in [2.05, 4.69) is 24.2 Å². The van der Waals surface area contributed by atoms with Gasteiger partial charge in [0.1, 0.15) is 0 Å². The van der Waals surface area contributed by atoms with Gasteiger partial charge in [0.25, 0.3) is 0 Å². The average Bonchev–Trinajstić information content (AvgIpc) is 2.10. The van der Waals surface area contributed by atoms with Crippen LogP contribution in [0.4, 0.5) is 0 Å². The lowest BCUT2D eigenvalue weighted by atomic mass is 10.1. The van der Waals surface area contributed by atoms with Crippen LogP contribution in [-0.2, 0) is 0 Å². The van der Waals surface area contributed by atoms with Gasteiger partial charge < -0.3 is 5.73 Å². The van der Waals surface area contributed by atoms with E-state index >= 15 is 0 Å². The van der Waals surface area contributed by atoms with Crippen LogP contribution >= 0.6 is 11.8 Å². The van der Waals surface area contributed by atoms with Crippen molar-refractivity contribution < 1.29 is 0 Å². The number of thioether (sulfide) groups is 1. The van der Waals surface area contributed by atoms with Crippen molar-refractivity contribution in [3.63, 3.8) is 0 Å². The van der Waals surface area contributed by atoms with E-state index in [1.54, 1.807) is 11.8 Å². The average molecular weight is 196 g/mol. The Kier molecular flexibility index (Phi) is 3.75. The summed E-state index contributed by atoms with van der Waals surface area (Å²) in [6.45, 7) is 4.08. The zero-order valence-electron chi connectivity index (χ0n) is 8.37. The van der Waals surface area contributed by atoms with Crippen molar-refractivity contribution in [1.29, 1.82) is 0 Å². The maximum atomic E-state index is 5.96. The highest BCUT2D eigenvalue weighted by Gasteiger charge is 2.06. The molecule has 1 aromatic heterocycles. The van der Waals surface area contributed by atoms with Gasteiger partial charge in [-0.2, -0.15) is 11.8 Å². The Labute approximate surface area is 83.9 Å². The minimum absolute atomic E-state index is 0.113. The van der Waals surface area contributed by atoms with E-state index in [-0.39, 0.29) is 6.04 Å². The highest BCUT2D eigenvalue weighted by Crippen LogP contribution is 2.15. The molecule has 0 aliphatic heterocycles. The molecule has 3 heteroatoms. The molecule has 0 saturated heterocycles. The summed E-state index contributed by atoms with van der Waals surface area (Å²) in [5.74, 6) is 0.949. The number of pyridine rings is 1. The first-order chi connectivity index (χ1) is 6.15. The van der Waals surface area contributed by atoms with E-state index < -0.39 is 0 Å². The van der Waals surface area contributed by atoms with Crippen LogP contribution in [0.2, 0.25) is 0 Å². The van der Waals surface area contributed by atoms with Crippen molar-refractivity contribution in [2.24, 2.45) is 5.73 Å². The number of aromatic nitrogens is 1. The Bertz CT molecular complexity index is 286. The third kappa shape index (κ3) is 2.71. The van der Waals surface area contributed by atoms with Crippen LogP contribution in [0.1, 0.15) is 22.9 Å². The van der Waals surface area contributed by atoms with Gasteiger partial charge in [-0.15, -0.1) is 0 Å². The molecule has 2 N–H and O–H groups in total. The van der Waals surface area contributed by atoms with Crippen LogP contribution < -0.4 is 5.73 Å². The summed E-state index contributed by atoms with van der Waals surface area (Å²) >= 11 is 1.76. The molecule has 1 unspecified atom stereocenters. The van der Waals surface area contributed by atoms with Gasteiger partial charge in [-0.25, -0.2) is 0 Å². The molecule has 13 heavy (non-hydrogen) atoms.